The molecule has 2 aromatic carbocycles. The predicted octanol–water partition coefficient (Wildman–Crippen LogP) is 4.80. The third kappa shape index (κ3) is 5.51. The molecular formula is C21H21BrN2O4. The van der Waals surface area contributed by atoms with Crippen molar-refractivity contribution < 1.29 is 19.0 Å². The van der Waals surface area contributed by atoms with Gasteiger partial charge in [0.1, 0.15) is 17.4 Å². The van der Waals surface area contributed by atoms with Crippen molar-refractivity contribution in [2.75, 3.05) is 25.6 Å². The molecule has 0 aliphatic carbocycles. The second-order valence-electron chi connectivity index (χ2n) is 5.55. The Morgan fingerprint density at radius 2 is 1.86 bits per heavy atom. The Balaban J connectivity index is 2.24. The molecule has 0 atom stereocenters. The van der Waals surface area contributed by atoms with Crippen molar-refractivity contribution in [2.45, 2.75) is 13.8 Å². The number of carbonyl (C=O) groups is 1. The monoisotopic (exact) mass is 444 g/mol. The molecule has 0 saturated heterocycles. The number of hydrogen-bond acceptors (Lipinski definition) is 5. The highest BCUT2D eigenvalue weighted by molar-refractivity contribution is 9.10. The fraction of sp³-hybridized carbons (Fsp3) is 0.238. The molecule has 6 nitrogen and oxygen atoms in total. The van der Waals surface area contributed by atoms with Gasteiger partial charge in [0.25, 0.3) is 5.91 Å². The molecule has 2 aromatic rings. The largest absolute Gasteiger partial charge is 0.494 e. The first-order valence-electron chi connectivity index (χ1n) is 8.68. The number of amides is 1. The Bertz CT molecular complexity index is 902. The van der Waals surface area contributed by atoms with Gasteiger partial charge in [0.2, 0.25) is 0 Å². The van der Waals surface area contributed by atoms with E-state index in [4.69, 9.17) is 14.2 Å². The van der Waals surface area contributed by atoms with Crippen LogP contribution in [0.3, 0.4) is 0 Å². The maximum absolute atomic E-state index is 12.5. The molecule has 1 amide bonds. The number of benzene rings is 2. The number of methoxy groups -OCH3 is 1. The van der Waals surface area contributed by atoms with Gasteiger partial charge in [0.05, 0.1) is 24.8 Å². The van der Waals surface area contributed by atoms with Crippen LogP contribution < -0.4 is 19.5 Å². The van der Waals surface area contributed by atoms with E-state index in [1.807, 2.05) is 19.9 Å². The topological polar surface area (TPSA) is 80.6 Å². The number of hydrogen-bond donors (Lipinski definition) is 1. The zero-order chi connectivity index (χ0) is 20.5. The average Bonchev–Trinajstić information content (AvgIpc) is 2.69. The minimum Gasteiger partial charge on any atom is -0.494 e. The Morgan fingerprint density at radius 3 is 2.43 bits per heavy atom. The quantitative estimate of drug-likeness (QED) is 0.467. The average molecular weight is 445 g/mol. The minimum absolute atomic E-state index is 0.0352. The molecule has 146 valence electrons. The van der Waals surface area contributed by atoms with Crippen LogP contribution in [0.5, 0.6) is 17.2 Å². The number of halogens is 1. The summed E-state index contributed by atoms with van der Waals surface area (Å²) in [6.45, 7) is 4.82. The smallest absolute Gasteiger partial charge is 0.266 e. The van der Waals surface area contributed by atoms with Crippen molar-refractivity contribution in [1.29, 1.82) is 5.26 Å². The van der Waals surface area contributed by atoms with Crippen LogP contribution in [0.2, 0.25) is 0 Å². The predicted molar refractivity (Wildman–Crippen MR) is 112 cm³/mol. The highest BCUT2D eigenvalue weighted by Gasteiger charge is 2.14. The van der Waals surface area contributed by atoms with Crippen molar-refractivity contribution in [2.24, 2.45) is 0 Å². The zero-order valence-electron chi connectivity index (χ0n) is 15.9. The number of anilines is 1. The van der Waals surface area contributed by atoms with Crippen LogP contribution in [0.4, 0.5) is 5.69 Å². The Morgan fingerprint density at radius 1 is 1.18 bits per heavy atom. The summed E-state index contributed by atoms with van der Waals surface area (Å²) in [6.07, 6.45) is 1.49. The zero-order valence-corrected chi connectivity index (χ0v) is 17.5. The molecule has 7 heteroatoms. The van der Waals surface area contributed by atoms with E-state index in [-0.39, 0.29) is 5.57 Å². The van der Waals surface area contributed by atoms with E-state index in [1.54, 1.807) is 36.4 Å². The number of rotatable bonds is 8. The summed E-state index contributed by atoms with van der Waals surface area (Å²) in [5.74, 6) is 1.28. The van der Waals surface area contributed by atoms with E-state index in [2.05, 4.69) is 21.2 Å². The first kappa shape index (κ1) is 21.3. The normalized spacial score (nSPS) is 10.8. The summed E-state index contributed by atoms with van der Waals surface area (Å²) in [5.41, 5.74) is 1.16. The van der Waals surface area contributed by atoms with Crippen molar-refractivity contribution >= 4 is 33.6 Å². The Kier molecular flexibility index (Phi) is 7.90. The van der Waals surface area contributed by atoms with Crippen molar-refractivity contribution in [3.05, 3.63) is 52.0 Å². The maximum Gasteiger partial charge on any atom is 0.266 e. The van der Waals surface area contributed by atoms with E-state index >= 15 is 0 Å². The van der Waals surface area contributed by atoms with Gasteiger partial charge in [-0.2, -0.15) is 5.26 Å². The molecule has 0 unspecified atom stereocenters. The van der Waals surface area contributed by atoms with E-state index in [0.717, 1.165) is 0 Å². The number of nitriles is 1. The summed E-state index contributed by atoms with van der Waals surface area (Å²) in [5, 5.41) is 12.1. The van der Waals surface area contributed by atoms with Gasteiger partial charge in [0, 0.05) is 5.69 Å². The fourth-order valence-corrected chi connectivity index (χ4v) is 3.00. The molecule has 0 saturated carbocycles. The molecular weight excluding hydrogens is 424 g/mol. The summed E-state index contributed by atoms with van der Waals surface area (Å²) in [6, 6.07) is 12.3. The number of nitrogens with zero attached hydrogens (tertiary/aromatic N) is 1. The molecule has 0 heterocycles. The minimum atomic E-state index is -0.504. The molecule has 0 aromatic heterocycles. The Hall–Kier alpha value is -2.98. The van der Waals surface area contributed by atoms with E-state index < -0.39 is 5.91 Å². The second kappa shape index (κ2) is 10.4. The standard InChI is InChI=1S/C21H21BrN2O4/c1-4-27-17-8-6-16(7-9-17)24-21(25)15(13-23)10-14-11-18(22)20(28-5-2)19(12-14)26-3/h6-12H,4-5H2,1-3H3,(H,24,25)/b15-10+. The van der Waals surface area contributed by atoms with Gasteiger partial charge in [-0.25, -0.2) is 0 Å². The van der Waals surface area contributed by atoms with Gasteiger partial charge in [-0.3, -0.25) is 4.79 Å². The molecule has 1 N–H and O–H groups in total. The van der Waals surface area contributed by atoms with Crippen LogP contribution in [0, 0.1) is 11.3 Å². The van der Waals surface area contributed by atoms with Gasteiger partial charge in [0.15, 0.2) is 11.5 Å². The number of nitrogens with one attached hydrogen (secondary N) is 1. The van der Waals surface area contributed by atoms with E-state index in [1.165, 1.54) is 13.2 Å². The third-order valence-electron chi connectivity index (χ3n) is 3.64. The van der Waals surface area contributed by atoms with E-state index in [9.17, 15) is 10.1 Å². The van der Waals surface area contributed by atoms with Gasteiger partial charge >= 0.3 is 0 Å². The molecule has 0 aliphatic rings. The summed E-state index contributed by atoms with van der Waals surface area (Å²) in [4.78, 5) is 12.5. The van der Waals surface area contributed by atoms with Crippen LogP contribution in [-0.4, -0.2) is 26.2 Å². The first-order valence-corrected chi connectivity index (χ1v) is 9.48. The highest BCUT2D eigenvalue weighted by atomic mass is 79.9. The molecule has 2 rings (SSSR count). The van der Waals surface area contributed by atoms with Gasteiger partial charge in [-0.1, -0.05) is 0 Å². The van der Waals surface area contributed by atoms with Gasteiger partial charge < -0.3 is 19.5 Å². The molecule has 0 bridgehead atoms. The van der Waals surface area contributed by atoms with Gasteiger partial charge in [-0.05, 0) is 77.8 Å². The third-order valence-corrected chi connectivity index (χ3v) is 4.23. The lowest BCUT2D eigenvalue weighted by molar-refractivity contribution is -0.112. The molecule has 0 aliphatic heterocycles. The van der Waals surface area contributed by atoms with Crippen LogP contribution in [0.25, 0.3) is 6.08 Å². The lowest BCUT2D eigenvalue weighted by Crippen LogP contribution is -2.13. The summed E-state index contributed by atoms with van der Waals surface area (Å²) in [7, 11) is 1.53. The van der Waals surface area contributed by atoms with Crippen LogP contribution >= 0.6 is 15.9 Å². The van der Waals surface area contributed by atoms with Gasteiger partial charge in [-0.15, -0.1) is 0 Å². The van der Waals surface area contributed by atoms with Crippen LogP contribution in [0.1, 0.15) is 19.4 Å². The summed E-state index contributed by atoms with van der Waals surface area (Å²) < 4.78 is 16.9. The molecule has 0 spiro atoms. The lowest BCUT2D eigenvalue weighted by Gasteiger charge is -2.12. The van der Waals surface area contributed by atoms with E-state index in [0.29, 0.717) is 46.2 Å². The first-order chi connectivity index (χ1) is 13.5. The van der Waals surface area contributed by atoms with Crippen molar-refractivity contribution in [3.8, 4) is 23.3 Å². The molecule has 28 heavy (non-hydrogen) atoms. The molecule has 0 fully saturated rings. The number of carbonyl (C=O) groups excluding carboxylic acids is 1. The highest BCUT2D eigenvalue weighted by Crippen LogP contribution is 2.37. The summed E-state index contributed by atoms with van der Waals surface area (Å²) >= 11 is 3.43. The Labute approximate surface area is 172 Å². The van der Waals surface area contributed by atoms with Crippen LogP contribution in [0.15, 0.2) is 46.4 Å². The fourth-order valence-electron chi connectivity index (χ4n) is 2.42. The van der Waals surface area contributed by atoms with Crippen molar-refractivity contribution in [1.82, 2.24) is 0 Å². The lowest BCUT2D eigenvalue weighted by atomic mass is 10.1. The SMILES string of the molecule is CCOc1ccc(NC(=O)/C(C#N)=C/c2cc(Br)c(OCC)c(OC)c2)cc1. The molecule has 0 radical (unpaired) electrons. The second-order valence-corrected chi connectivity index (χ2v) is 6.40. The van der Waals surface area contributed by atoms with Crippen LogP contribution in [-0.2, 0) is 4.79 Å². The maximum atomic E-state index is 12.5. The van der Waals surface area contributed by atoms with Crippen molar-refractivity contribution in [3.63, 3.8) is 0 Å². The number of ether oxygens (including phenoxy) is 3.